The van der Waals surface area contributed by atoms with Crippen LogP contribution in [0, 0.1) is 6.92 Å². The molecule has 2 aromatic rings. The molecule has 5 heteroatoms. The first-order valence-electron chi connectivity index (χ1n) is 8.62. The van der Waals surface area contributed by atoms with Crippen LogP contribution in [-0.2, 0) is 10.8 Å². The molecule has 0 radical (unpaired) electrons. The number of carboxylic acids is 1. The van der Waals surface area contributed by atoms with Crippen molar-refractivity contribution < 1.29 is 9.90 Å². The van der Waals surface area contributed by atoms with Crippen molar-refractivity contribution in [3.8, 4) is 0 Å². The van der Waals surface area contributed by atoms with E-state index in [1.807, 2.05) is 18.4 Å². The van der Waals surface area contributed by atoms with Gasteiger partial charge in [-0.1, -0.05) is 27.7 Å². The molecule has 0 spiro atoms. The van der Waals surface area contributed by atoms with Crippen molar-refractivity contribution in [3.63, 3.8) is 0 Å². The van der Waals surface area contributed by atoms with Gasteiger partial charge in [-0.2, -0.15) is 0 Å². The van der Waals surface area contributed by atoms with Crippen LogP contribution in [0.1, 0.15) is 66.9 Å². The molecule has 0 amide bonds. The van der Waals surface area contributed by atoms with Crippen LogP contribution in [0.2, 0.25) is 0 Å². The topological polar surface area (TPSA) is 53.4 Å². The Balaban J connectivity index is 2.06. The van der Waals surface area contributed by atoms with E-state index < -0.39 is 5.97 Å². The van der Waals surface area contributed by atoms with E-state index in [-0.39, 0.29) is 16.4 Å². The van der Waals surface area contributed by atoms with Gasteiger partial charge in [0.25, 0.3) is 0 Å². The highest BCUT2D eigenvalue weighted by Gasteiger charge is 2.41. The second kappa shape index (κ2) is 5.84. The third-order valence-electron chi connectivity index (χ3n) is 5.43. The Morgan fingerprint density at radius 2 is 1.84 bits per heavy atom. The van der Waals surface area contributed by atoms with Crippen LogP contribution in [0.25, 0.3) is 0 Å². The molecule has 0 aromatic carbocycles. The summed E-state index contributed by atoms with van der Waals surface area (Å²) in [6, 6.07) is 3.38. The molecule has 0 bridgehead atoms. The predicted octanol–water partition coefficient (Wildman–Crippen LogP) is 5.27. The standard InChI is InChI=1S/C20H26N2O2S/c1-12-15-16(20(4,5)10-9-19(15,2)3)25-17(12)22(6)14-8-7-13(11-21-14)18(23)24/h7-8,11H,9-10H2,1-6H3,(H,23,24). The van der Waals surface area contributed by atoms with Gasteiger partial charge in [-0.05, 0) is 53.9 Å². The lowest BCUT2D eigenvalue weighted by molar-refractivity contribution is 0.0696. The number of anilines is 2. The van der Waals surface area contributed by atoms with E-state index in [2.05, 4.69) is 44.5 Å². The normalized spacial score (nSPS) is 17.8. The van der Waals surface area contributed by atoms with Gasteiger partial charge in [-0.3, -0.25) is 0 Å². The zero-order chi connectivity index (χ0) is 18.6. The third-order valence-corrected chi connectivity index (χ3v) is 7.17. The molecule has 1 aliphatic rings. The van der Waals surface area contributed by atoms with Gasteiger partial charge in [0.1, 0.15) is 5.82 Å². The largest absolute Gasteiger partial charge is 0.478 e. The molecule has 134 valence electrons. The fourth-order valence-electron chi connectivity index (χ4n) is 3.79. The number of hydrogen-bond donors (Lipinski definition) is 1. The summed E-state index contributed by atoms with van der Waals surface area (Å²) in [5.41, 5.74) is 3.40. The van der Waals surface area contributed by atoms with Crippen molar-refractivity contribution >= 4 is 28.1 Å². The molecule has 1 aliphatic carbocycles. The Morgan fingerprint density at radius 1 is 1.20 bits per heavy atom. The summed E-state index contributed by atoms with van der Waals surface area (Å²) in [7, 11) is 2.01. The SMILES string of the molecule is Cc1c(N(C)c2ccc(C(=O)O)cn2)sc2c1C(C)(C)CCC2(C)C. The monoisotopic (exact) mass is 358 g/mol. The maximum absolute atomic E-state index is 11.0. The van der Waals surface area contributed by atoms with E-state index in [1.54, 1.807) is 12.1 Å². The molecule has 1 N–H and O–H groups in total. The maximum Gasteiger partial charge on any atom is 0.337 e. The van der Waals surface area contributed by atoms with Gasteiger partial charge in [0.05, 0.1) is 10.6 Å². The molecule has 3 rings (SSSR count). The molecule has 25 heavy (non-hydrogen) atoms. The number of carbonyl (C=O) groups is 1. The molecule has 4 nitrogen and oxygen atoms in total. The number of nitrogens with zero attached hydrogens (tertiary/aromatic N) is 2. The van der Waals surface area contributed by atoms with Crippen molar-refractivity contribution in [1.82, 2.24) is 4.98 Å². The minimum Gasteiger partial charge on any atom is -0.478 e. The highest BCUT2D eigenvalue weighted by molar-refractivity contribution is 7.16. The lowest BCUT2D eigenvalue weighted by atomic mass is 9.66. The van der Waals surface area contributed by atoms with E-state index in [4.69, 9.17) is 5.11 Å². The van der Waals surface area contributed by atoms with Gasteiger partial charge in [0.2, 0.25) is 0 Å². The first kappa shape index (κ1) is 17.9. The van der Waals surface area contributed by atoms with Crippen molar-refractivity contribution in [2.75, 3.05) is 11.9 Å². The summed E-state index contributed by atoms with van der Waals surface area (Å²) in [4.78, 5) is 18.9. The maximum atomic E-state index is 11.0. The minimum atomic E-state index is -0.951. The van der Waals surface area contributed by atoms with Gasteiger partial charge in [-0.25, -0.2) is 9.78 Å². The zero-order valence-corrected chi connectivity index (χ0v) is 16.6. The molecule has 0 atom stereocenters. The lowest BCUT2D eigenvalue weighted by Crippen LogP contribution is -2.32. The first-order valence-corrected chi connectivity index (χ1v) is 9.44. The Hall–Kier alpha value is -1.88. The summed E-state index contributed by atoms with van der Waals surface area (Å²) < 4.78 is 0. The van der Waals surface area contributed by atoms with E-state index in [0.717, 1.165) is 5.82 Å². The van der Waals surface area contributed by atoms with Crippen molar-refractivity contribution in [2.24, 2.45) is 0 Å². The Morgan fingerprint density at radius 3 is 2.36 bits per heavy atom. The van der Waals surface area contributed by atoms with Crippen LogP contribution in [-0.4, -0.2) is 23.1 Å². The second-order valence-electron chi connectivity index (χ2n) is 8.27. The number of carboxylic acid groups (broad SMARTS) is 1. The zero-order valence-electron chi connectivity index (χ0n) is 15.8. The summed E-state index contributed by atoms with van der Waals surface area (Å²) >= 11 is 1.85. The van der Waals surface area contributed by atoms with Crippen LogP contribution in [0.4, 0.5) is 10.8 Å². The Bertz CT molecular complexity index is 819. The number of pyridine rings is 1. The summed E-state index contributed by atoms with van der Waals surface area (Å²) in [6.07, 6.45) is 3.81. The predicted molar refractivity (Wildman–Crippen MR) is 104 cm³/mol. The van der Waals surface area contributed by atoms with Crippen molar-refractivity contribution in [3.05, 3.63) is 39.9 Å². The highest BCUT2D eigenvalue weighted by Crippen LogP contribution is 2.54. The minimum absolute atomic E-state index is 0.186. The second-order valence-corrected chi connectivity index (χ2v) is 9.27. The third kappa shape index (κ3) is 2.95. The van der Waals surface area contributed by atoms with Crippen LogP contribution in [0.15, 0.2) is 18.3 Å². The van der Waals surface area contributed by atoms with Gasteiger partial charge < -0.3 is 10.0 Å². The van der Waals surface area contributed by atoms with Crippen LogP contribution >= 0.6 is 11.3 Å². The summed E-state index contributed by atoms with van der Waals surface area (Å²) in [5, 5.41) is 10.2. The molecule has 0 saturated carbocycles. The molecule has 0 unspecified atom stereocenters. The molecular formula is C20H26N2O2S. The van der Waals surface area contributed by atoms with Gasteiger partial charge >= 0.3 is 5.97 Å². The number of thiophene rings is 1. The van der Waals surface area contributed by atoms with Crippen LogP contribution in [0.3, 0.4) is 0 Å². The number of hydrogen-bond acceptors (Lipinski definition) is 4. The quantitative estimate of drug-likeness (QED) is 0.812. The molecule has 0 fully saturated rings. The van der Waals surface area contributed by atoms with Gasteiger partial charge in [-0.15, -0.1) is 11.3 Å². The average Bonchev–Trinajstić information content (AvgIpc) is 2.91. The van der Waals surface area contributed by atoms with E-state index in [9.17, 15) is 4.79 Å². The smallest absolute Gasteiger partial charge is 0.337 e. The molecule has 2 heterocycles. The molecule has 0 aliphatic heterocycles. The van der Waals surface area contributed by atoms with Crippen LogP contribution in [0.5, 0.6) is 0 Å². The van der Waals surface area contributed by atoms with Crippen molar-refractivity contribution in [1.29, 1.82) is 0 Å². The number of rotatable bonds is 3. The number of aromatic nitrogens is 1. The highest BCUT2D eigenvalue weighted by atomic mass is 32.1. The number of aromatic carboxylic acids is 1. The fraction of sp³-hybridized carbons (Fsp3) is 0.500. The molecular weight excluding hydrogens is 332 g/mol. The van der Waals surface area contributed by atoms with E-state index >= 15 is 0 Å². The average molecular weight is 359 g/mol. The van der Waals surface area contributed by atoms with Crippen LogP contribution < -0.4 is 4.90 Å². The summed E-state index contributed by atoms with van der Waals surface area (Å²) in [5.74, 6) is -0.185. The van der Waals surface area contributed by atoms with Crippen molar-refractivity contribution in [2.45, 2.75) is 58.3 Å². The Labute approximate surface area is 153 Å². The lowest BCUT2D eigenvalue weighted by Gasteiger charge is -2.39. The van der Waals surface area contributed by atoms with E-state index in [1.165, 1.54) is 40.0 Å². The fourth-order valence-corrected chi connectivity index (χ4v) is 5.38. The van der Waals surface area contributed by atoms with E-state index in [0.29, 0.717) is 0 Å². The summed E-state index contributed by atoms with van der Waals surface area (Å²) in [6.45, 7) is 11.5. The Kier molecular flexibility index (Phi) is 4.18. The molecule has 2 aromatic heterocycles. The van der Waals surface area contributed by atoms with Gasteiger partial charge in [0.15, 0.2) is 0 Å². The first-order chi connectivity index (χ1) is 11.5. The number of fused-ring (bicyclic) bond motifs is 1. The molecule has 0 saturated heterocycles. The van der Waals surface area contributed by atoms with Gasteiger partial charge in [0, 0.05) is 18.1 Å².